The Morgan fingerprint density at radius 3 is 1.07 bits per heavy atom. The van der Waals surface area contributed by atoms with Crippen LogP contribution >= 0.6 is 0 Å². The third kappa shape index (κ3) is 4.24. The zero-order chi connectivity index (χ0) is 27.1. The standard InChI is InChI=1S/C38H30N2/c1-27-13-19-33(20-14-27)39(31-9-5-3-6-10-31)37-23-17-29-25-35(37)36-26-30(29)18-24-38(36)40(32-11-7-4-8-12-32)34-21-15-28(2)16-22-34/h3-26H,1-2H3. The van der Waals surface area contributed by atoms with E-state index in [4.69, 9.17) is 0 Å². The lowest BCUT2D eigenvalue weighted by atomic mass is 9.96. The summed E-state index contributed by atoms with van der Waals surface area (Å²) in [5, 5.41) is 4.93. The molecular formula is C38H30N2. The Morgan fingerprint density at radius 1 is 0.350 bits per heavy atom. The fraction of sp³-hybridized carbons (Fsp3) is 0.0526. The molecule has 7 aromatic carbocycles. The van der Waals surface area contributed by atoms with Gasteiger partial charge in [-0.05, 0) is 97.4 Å². The first kappa shape index (κ1) is 24.0. The predicted molar refractivity (Wildman–Crippen MR) is 171 cm³/mol. The van der Waals surface area contributed by atoms with Crippen LogP contribution in [-0.4, -0.2) is 0 Å². The van der Waals surface area contributed by atoms with E-state index in [9.17, 15) is 0 Å². The Bertz CT molecular complexity index is 1750. The first-order valence-corrected chi connectivity index (χ1v) is 13.8. The molecule has 0 aliphatic rings. The summed E-state index contributed by atoms with van der Waals surface area (Å²) in [6.45, 7) is 4.27. The normalized spacial score (nSPS) is 11.2. The van der Waals surface area contributed by atoms with Crippen LogP contribution < -0.4 is 9.80 Å². The van der Waals surface area contributed by atoms with Crippen molar-refractivity contribution in [3.63, 3.8) is 0 Å². The van der Waals surface area contributed by atoms with Crippen LogP contribution in [0.15, 0.2) is 146 Å². The molecule has 0 amide bonds. The quantitative estimate of drug-likeness (QED) is 0.218. The highest BCUT2D eigenvalue weighted by atomic mass is 15.2. The molecule has 7 rings (SSSR count). The molecule has 0 unspecified atom stereocenters. The molecule has 0 saturated heterocycles. The molecule has 0 saturated carbocycles. The van der Waals surface area contributed by atoms with E-state index >= 15 is 0 Å². The van der Waals surface area contributed by atoms with Crippen LogP contribution in [-0.2, 0) is 0 Å². The molecule has 0 aliphatic carbocycles. The SMILES string of the molecule is Cc1ccc(N(c2ccccc2)c2ccc3cc2c2cc3ccc2N(c2ccccc2)c2ccc(C)cc2)cc1. The van der Waals surface area contributed by atoms with Crippen LogP contribution in [0.4, 0.5) is 34.1 Å². The summed E-state index contributed by atoms with van der Waals surface area (Å²) in [5.74, 6) is 0. The van der Waals surface area contributed by atoms with Gasteiger partial charge in [0, 0.05) is 33.5 Å². The number of para-hydroxylation sites is 2. The third-order valence-corrected chi connectivity index (χ3v) is 7.71. The predicted octanol–water partition coefficient (Wildman–Crippen LogP) is 11.0. The van der Waals surface area contributed by atoms with Crippen molar-refractivity contribution in [1.82, 2.24) is 0 Å². The van der Waals surface area contributed by atoms with Gasteiger partial charge in [-0.15, -0.1) is 0 Å². The van der Waals surface area contributed by atoms with Gasteiger partial charge in [0.25, 0.3) is 0 Å². The molecule has 2 heteroatoms. The van der Waals surface area contributed by atoms with Gasteiger partial charge in [-0.2, -0.15) is 0 Å². The molecule has 0 aliphatic heterocycles. The van der Waals surface area contributed by atoms with Crippen LogP contribution in [0.3, 0.4) is 0 Å². The van der Waals surface area contributed by atoms with Crippen molar-refractivity contribution >= 4 is 55.7 Å². The lowest BCUT2D eigenvalue weighted by Crippen LogP contribution is -2.12. The van der Waals surface area contributed by atoms with Crippen molar-refractivity contribution in [3.8, 4) is 0 Å². The molecule has 0 spiro atoms. The average Bonchev–Trinajstić information content (AvgIpc) is 3.00. The van der Waals surface area contributed by atoms with Gasteiger partial charge in [0.05, 0.1) is 11.4 Å². The molecular weight excluding hydrogens is 484 g/mol. The fourth-order valence-electron chi connectivity index (χ4n) is 5.65. The molecule has 0 atom stereocenters. The fourth-order valence-corrected chi connectivity index (χ4v) is 5.65. The second-order valence-corrected chi connectivity index (χ2v) is 10.5. The number of rotatable bonds is 6. The highest BCUT2D eigenvalue weighted by Gasteiger charge is 2.21. The van der Waals surface area contributed by atoms with E-state index in [1.807, 2.05) is 0 Å². The maximum absolute atomic E-state index is 2.37. The molecule has 7 aromatic rings. The van der Waals surface area contributed by atoms with Crippen molar-refractivity contribution in [2.45, 2.75) is 13.8 Å². The van der Waals surface area contributed by atoms with E-state index in [1.54, 1.807) is 0 Å². The summed E-state index contributed by atoms with van der Waals surface area (Å²) in [5.41, 5.74) is 9.38. The van der Waals surface area contributed by atoms with Crippen molar-refractivity contribution < 1.29 is 0 Å². The van der Waals surface area contributed by atoms with Crippen molar-refractivity contribution in [2.24, 2.45) is 0 Å². The van der Waals surface area contributed by atoms with Gasteiger partial charge < -0.3 is 9.80 Å². The second-order valence-electron chi connectivity index (χ2n) is 10.5. The monoisotopic (exact) mass is 514 g/mol. The number of nitrogens with zero attached hydrogens (tertiary/aromatic N) is 2. The van der Waals surface area contributed by atoms with Gasteiger partial charge in [0.2, 0.25) is 0 Å². The number of benzene rings is 7. The van der Waals surface area contributed by atoms with Gasteiger partial charge in [-0.25, -0.2) is 0 Å². The Hall–Kier alpha value is -5.08. The maximum atomic E-state index is 2.37. The highest BCUT2D eigenvalue weighted by molar-refractivity contribution is 6.13. The van der Waals surface area contributed by atoms with E-state index in [0.29, 0.717) is 0 Å². The van der Waals surface area contributed by atoms with E-state index in [1.165, 1.54) is 32.7 Å². The smallest absolute Gasteiger partial charge is 0.0541 e. The summed E-state index contributed by atoms with van der Waals surface area (Å²) < 4.78 is 0. The molecule has 192 valence electrons. The average molecular weight is 515 g/mol. The Labute approximate surface area is 235 Å². The number of anilines is 6. The minimum absolute atomic E-state index is 1.14. The summed E-state index contributed by atoms with van der Waals surface area (Å²) >= 11 is 0. The van der Waals surface area contributed by atoms with Gasteiger partial charge in [0.15, 0.2) is 0 Å². The lowest BCUT2D eigenvalue weighted by Gasteiger charge is -2.30. The van der Waals surface area contributed by atoms with Gasteiger partial charge >= 0.3 is 0 Å². The third-order valence-electron chi connectivity index (χ3n) is 7.71. The Kier molecular flexibility index (Phi) is 5.94. The summed E-state index contributed by atoms with van der Waals surface area (Å²) in [7, 11) is 0. The van der Waals surface area contributed by atoms with Crippen LogP contribution in [0.25, 0.3) is 21.5 Å². The second kappa shape index (κ2) is 9.91. The summed E-state index contributed by atoms with van der Waals surface area (Å²) in [6.07, 6.45) is 0. The summed E-state index contributed by atoms with van der Waals surface area (Å²) in [6, 6.07) is 52.7. The van der Waals surface area contributed by atoms with Crippen molar-refractivity contribution in [3.05, 3.63) is 157 Å². The van der Waals surface area contributed by atoms with Gasteiger partial charge in [0.1, 0.15) is 0 Å². The van der Waals surface area contributed by atoms with E-state index in [-0.39, 0.29) is 0 Å². The van der Waals surface area contributed by atoms with Crippen molar-refractivity contribution in [2.75, 3.05) is 9.80 Å². The van der Waals surface area contributed by atoms with Crippen LogP contribution in [0.5, 0.6) is 0 Å². The van der Waals surface area contributed by atoms with Crippen LogP contribution in [0.1, 0.15) is 11.1 Å². The molecule has 40 heavy (non-hydrogen) atoms. The molecule has 0 aromatic heterocycles. The Balaban J connectivity index is 1.51. The summed E-state index contributed by atoms with van der Waals surface area (Å²) in [4.78, 5) is 4.75. The van der Waals surface area contributed by atoms with Gasteiger partial charge in [-0.3, -0.25) is 0 Å². The largest absolute Gasteiger partial charge is 0.310 e. The molecule has 0 fully saturated rings. The first-order valence-electron chi connectivity index (χ1n) is 13.8. The van der Waals surface area contributed by atoms with Crippen molar-refractivity contribution in [1.29, 1.82) is 0 Å². The number of fused-ring (bicyclic) bond motifs is 6. The zero-order valence-electron chi connectivity index (χ0n) is 22.8. The number of aryl methyl sites for hydroxylation is 2. The van der Waals surface area contributed by atoms with E-state index < -0.39 is 0 Å². The molecule has 2 nitrogen and oxygen atoms in total. The zero-order valence-corrected chi connectivity index (χ0v) is 22.8. The number of hydrogen-bond acceptors (Lipinski definition) is 2. The Morgan fingerprint density at radius 2 is 0.700 bits per heavy atom. The maximum Gasteiger partial charge on any atom is 0.0541 e. The minimum Gasteiger partial charge on any atom is -0.310 e. The topological polar surface area (TPSA) is 6.48 Å². The molecule has 0 heterocycles. The van der Waals surface area contributed by atoms with E-state index in [2.05, 4.69) is 169 Å². The first-order chi connectivity index (χ1) is 19.7. The van der Waals surface area contributed by atoms with Gasteiger partial charge in [-0.1, -0.05) is 83.9 Å². The van der Waals surface area contributed by atoms with Crippen LogP contribution in [0, 0.1) is 13.8 Å². The highest BCUT2D eigenvalue weighted by Crippen LogP contribution is 2.46. The van der Waals surface area contributed by atoms with Crippen LogP contribution in [0.2, 0.25) is 0 Å². The lowest BCUT2D eigenvalue weighted by molar-refractivity contribution is 1.28. The van der Waals surface area contributed by atoms with E-state index in [0.717, 1.165) is 34.1 Å². The minimum atomic E-state index is 1.14. The molecule has 0 radical (unpaired) electrons. The number of hydrogen-bond donors (Lipinski definition) is 0. The molecule has 0 N–H and O–H groups in total. The molecule has 4 bridgehead atoms.